The van der Waals surface area contributed by atoms with Crippen LogP contribution in [-0.4, -0.2) is 54.9 Å². The van der Waals surface area contributed by atoms with Gasteiger partial charge in [0.15, 0.2) is 0 Å². The number of nitrogens with one attached hydrogen (secondary N) is 1. The quantitative estimate of drug-likeness (QED) is 0.640. The largest absolute Gasteiger partial charge is 0.481 e. The summed E-state index contributed by atoms with van der Waals surface area (Å²) < 4.78 is 5.02. The van der Waals surface area contributed by atoms with E-state index in [4.69, 9.17) is 9.84 Å². The van der Waals surface area contributed by atoms with E-state index in [1.54, 1.807) is 7.11 Å². The Kier molecular flexibility index (Phi) is 7.36. The lowest BCUT2D eigenvalue weighted by Gasteiger charge is -2.23. The molecule has 0 aliphatic heterocycles. The van der Waals surface area contributed by atoms with Crippen LogP contribution in [0.4, 0.5) is 4.79 Å². The zero-order valence-corrected chi connectivity index (χ0v) is 12.4. The van der Waals surface area contributed by atoms with E-state index in [0.29, 0.717) is 38.1 Å². The number of carbonyl (C=O) groups excluding carboxylic acids is 1. The predicted molar refractivity (Wildman–Crippen MR) is 75.7 cm³/mol. The molecule has 0 bridgehead atoms. The minimum absolute atomic E-state index is 0.0324. The van der Waals surface area contributed by atoms with E-state index < -0.39 is 5.97 Å². The molecule has 1 unspecified atom stereocenters. The van der Waals surface area contributed by atoms with Crippen LogP contribution in [0, 0.1) is 5.92 Å². The van der Waals surface area contributed by atoms with E-state index in [9.17, 15) is 9.59 Å². The van der Waals surface area contributed by atoms with Gasteiger partial charge in [0.25, 0.3) is 0 Å². The van der Waals surface area contributed by atoms with Crippen molar-refractivity contribution in [3.8, 4) is 0 Å². The first-order chi connectivity index (χ1) is 9.54. The summed E-state index contributed by atoms with van der Waals surface area (Å²) in [7, 11) is 1.63. The average molecular weight is 286 g/mol. The number of hydrogen-bond acceptors (Lipinski definition) is 3. The highest BCUT2D eigenvalue weighted by molar-refractivity contribution is 5.74. The summed E-state index contributed by atoms with van der Waals surface area (Å²) in [4.78, 5) is 24.4. The Bertz CT molecular complexity index is 318. The lowest BCUT2D eigenvalue weighted by Crippen LogP contribution is -2.43. The summed E-state index contributed by atoms with van der Waals surface area (Å²) in [5, 5.41) is 11.5. The molecule has 0 aromatic rings. The third-order valence-corrected chi connectivity index (χ3v) is 3.55. The van der Waals surface area contributed by atoms with Crippen molar-refractivity contribution in [1.82, 2.24) is 10.2 Å². The smallest absolute Gasteiger partial charge is 0.317 e. The van der Waals surface area contributed by atoms with Crippen LogP contribution < -0.4 is 5.32 Å². The van der Waals surface area contributed by atoms with Gasteiger partial charge in [-0.05, 0) is 31.6 Å². The Morgan fingerprint density at radius 3 is 2.65 bits per heavy atom. The molecule has 116 valence electrons. The van der Waals surface area contributed by atoms with Crippen molar-refractivity contribution in [2.24, 2.45) is 5.92 Å². The predicted octanol–water partition coefficient (Wildman–Crippen LogP) is 1.70. The molecule has 0 radical (unpaired) electrons. The monoisotopic (exact) mass is 286 g/mol. The molecule has 6 heteroatoms. The van der Waals surface area contributed by atoms with Crippen LogP contribution in [0.2, 0.25) is 0 Å². The number of carbonyl (C=O) groups is 2. The van der Waals surface area contributed by atoms with E-state index in [-0.39, 0.29) is 12.5 Å². The van der Waals surface area contributed by atoms with Crippen molar-refractivity contribution in [3.63, 3.8) is 0 Å². The van der Waals surface area contributed by atoms with Crippen LogP contribution in [0.5, 0.6) is 0 Å². The van der Waals surface area contributed by atoms with Crippen molar-refractivity contribution >= 4 is 12.0 Å². The van der Waals surface area contributed by atoms with Crippen molar-refractivity contribution in [2.75, 3.05) is 26.8 Å². The van der Waals surface area contributed by atoms with E-state index in [2.05, 4.69) is 5.32 Å². The molecule has 1 aliphatic rings. The average Bonchev–Trinajstić information content (AvgIpc) is 3.21. The first-order valence-corrected chi connectivity index (χ1v) is 7.29. The molecule has 1 fully saturated rings. The molecule has 2 N–H and O–H groups in total. The van der Waals surface area contributed by atoms with Crippen molar-refractivity contribution in [3.05, 3.63) is 0 Å². The normalized spacial score (nSPS) is 15.7. The lowest BCUT2D eigenvalue weighted by molar-refractivity contribution is -0.137. The second kappa shape index (κ2) is 8.79. The molecule has 1 rings (SSSR count). The zero-order valence-electron chi connectivity index (χ0n) is 12.4. The van der Waals surface area contributed by atoms with Gasteiger partial charge in [0.2, 0.25) is 0 Å². The first-order valence-electron chi connectivity index (χ1n) is 7.29. The molecule has 0 aromatic carbocycles. The summed E-state index contributed by atoms with van der Waals surface area (Å²) in [6.07, 6.45) is 3.80. The summed E-state index contributed by atoms with van der Waals surface area (Å²) >= 11 is 0. The van der Waals surface area contributed by atoms with Gasteiger partial charge in [-0.3, -0.25) is 4.79 Å². The van der Waals surface area contributed by atoms with Crippen LogP contribution >= 0.6 is 0 Å². The minimum atomic E-state index is -0.764. The van der Waals surface area contributed by atoms with Gasteiger partial charge in [0, 0.05) is 32.7 Å². The van der Waals surface area contributed by atoms with Crippen LogP contribution in [0.1, 0.15) is 39.0 Å². The minimum Gasteiger partial charge on any atom is -0.481 e. The number of carboxylic acid groups (broad SMARTS) is 1. The van der Waals surface area contributed by atoms with Gasteiger partial charge < -0.3 is 20.1 Å². The highest BCUT2D eigenvalue weighted by atomic mass is 16.5. The second-order valence-electron chi connectivity index (χ2n) is 5.48. The van der Waals surface area contributed by atoms with Crippen LogP contribution in [0.15, 0.2) is 0 Å². The molecule has 0 spiro atoms. The van der Waals surface area contributed by atoms with Crippen LogP contribution in [0.25, 0.3) is 0 Å². The number of methoxy groups -OCH3 is 1. The highest BCUT2D eigenvalue weighted by Crippen LogP contribution is 2.26. The molecule has 1 atom stereocenters. The molecule has 6 nitrogen and oxygen atoms in total. The number of amides is 2. The standard InChI is InChI=1S/C14H26N2O4/c1-11(3-6-13(17)18)7-8-15-14(19)16(9-10-20-2)12-4-5-12/h11-12H,3-10H2,1-2H3,(H,15,19)(H,17,18). The fraction of sp³-hybridized carbons (Fsp3) is 0.857. The van der Waals surface area contributed by atoms with Crippen molar-refractivity contribution < 1.29 is 19.4 Å². The van der Waals surface area contributed by atoms with Gasteiger partial charge in [0.05, 0.1) is 6.61 Å². The first kappa shape index (κ1) is 16.8. The summed E-state index contributed by atoms with van der Waals surface area (Å²) in [5.74, 6) is -0.458. The third kappa shape index (κ3) is 6.75. The maximum absolute atomic E-state index is 12.0. The van der Waals surface area contributed by atoms with Crippen LogP contribution in [-0.2, 0) is 9.53 Å². The van der Waals surface area contributed by atoms with Gasteiger partial charge in [-0.2, -0.15) is 0 Å². The molecular weight excluding hydrogens is 260 g/mol. The summed E-state index contributed by atoms with van der Waals surface area (Å²) in [5.41, 5.74) is 0. The lowest BCUT2D eigenvalue weighted by atomic mass is 10.0. The second-order valence-corrected chi connectivity index (χ2v) is 5.48. The Morgan fingerprint density at radius 1 is 1.40 bits per heavy atom. The Hall–Kier alpha value is -1.30. The van der Waals surface area contributed by atoms with E-state index in [0.717, 1.165) is 19.3 Å². The van der Waals surface area contributed by atoms with Gasteiger partial charge in [-0.15, -0.1) is 0 Å². The van der Waals surface area contributed by atoms with Crippen molar-refractivity contribution in [2.45, 2.75) is 45.1 Å². The fourth-order valence-corrected chi connectivity index (χ4v) is 2.07. The van der Waals surface area contributed by atoms with Crippen LogP contribution in [0.3, 0.4) is 0 Å². The fourth-order valence-electron chi connectivity index (χ4n) is 2.07. The maximum atomic E-state index is 12.0. The molecule has 2 amide bonds. The van der Waals surface area contributed by atoms with Gasteiger partial charge >= 0.3 is 12.0 Å². The number of rotatable bonds is 10. The Morgan fingerprint density at radius 2 is 2.10 bits per heavy atom. The molecule has 1 saturated carbocycles. The molecule has 0 heterocycles. The van der Waals surface area contributed by atoms with E-state index in [1.807, 2.05) is 11.8 Å². The number of urea groups is 1. The summed E-state index contributed by atoms with van der Waals surface area (Å²) in [6, 6.07) is 0.338. The highest BCUT2D eigenvalue weighted by Gasteiger charge is 2.32. The van der Waals surface area contributed by atoms with E-state index >= 15 is 0 Å². The SMILES string of the molecule is COCCN(C(=O)NCCC(C)CCC(=O)O)C1CC1. The van der Waals surface area contributed by atoms with Gasteiger partial charge in [0.1, 0.15) is 0 Å². The summed E-state index contributed by atoms with van der Waals surface area (Å²) in [6.45, 7) is 3.79. The molecule has 1 aliphatic carbocycles. The maximum Gasteiger partial charge on any atom is 0.317 e. The topological polar surface area (TPSA) is 78.9 Å². The Labute approximate surface area is 120 Å². The molecular formula is C14H26N2O4. The molecule has 0 saturated heterocycles. The van der Waals surface area contributed by atoms with Gasteiger partial charge in [-0.25, -0.2) is 4.79 Å². The van der Waals surface area contributed by atoms with Crippen molar-refractivity contribution in [1.29, 1.82) is 0 Å². The molecule has 20 heavy (non-hydrogen) atoms. The Balaban J connectivity index is 2.18. The zero-order chi connectivity index (χ0) is 15.0. The van der Waals surface area contributed by atoms with Gasteiger partial charge in [-0.1, -0.05) is 6.92 Å². The number of ether oxygens (including phenoxy) is 1. The number of nitrogens with zero attached hydrogens (tertiary/aromatic N) is 1. The number of carboxylic acids is 1. The van der Waals surface area contributed by atoms with E-state index in [1.165, 1.54) is 0 Å². The third-order valence-electron chi connectivity index (χ3n) is 3.55. The number of hydrogen-bond donors (Lipinski definition) is 2. The number of aliphatic carboxylic acids is 1. The molecule has 0 aromatic heterocycles.